The third-order valence-corrected chi connectivity index (χ3v) is 4.55. The summed E-state index contributed by atoms with van der Waals surface area (Å²) in [6.07, 6.45) is 9.99. The van der Waals surface area contributed by atoms with Gasteiger partial charge in [-0.25, -0.2) is 0 Å². The quantitative estimate of drug-likeness (QED) is 0.796. The van der Waals surface area contributed by atoms with Crippen LogP contribution in [0.3, 0.4) is 0 Å². The van der Waals surface area contributed by atoms with Crippen molar-refractivity contribution in [3.05, 3.63) is 0 Å². The summed E-state index contributed by atoms with van der Waals surface area (Å²) in [5.41, 5.74) is 5.96. The van der Waals surface area contributed by atoms with Crippen LogP contribution in [0.2, 0.25) is 0 Å². The van der Waals surface area contributed by atoms with Gasteiger partial charge in [-0.1, -0.05) is 32.1 Å². The Labute approximate surface area is 106 Å². The smallest absolute Gasteiger partial charge is 0.0349 e. The molecule has 0 aromatic rings. The number of rotatable bonds is 2. The average molecular weight is 239 g/mol. The van der Waals surface area contributed by atoms with Gasteiger partial charge in [-0.05, 0) is 19.9 Å². The fraction of sp³-hybridized carbons (Fsp3) is 1.00. The van der Waals surface area contributed by atoms with Crippen LogP contribution in [0.1, 0.15) is 44.9 Å². The van der Waals surface area contributed by atoms with Crippen molar-refractivity contribution in [2.24, 2.45) is 5.73 Å². The lowest BCUT2D eigenvalue weighted by Crippen LogP contribution is -2.58. The number of likely N-dealkylation sites (N-methyl/N-ethyl adjacent to an activating group) is 1. The third kappa shape index (κ3) is 3.67. The highest BCUT2D eigenvalue weighted by Crippen LogP contribution is 2.24. The Morgan fingerprint density at radius 2 is 1.65 bits per heavy atom. The summed E-state index contributed by atoms with van der Waals surface area (Å²) in [7, 11) is 2.22. The Bertz CT molecular complexity index is 212. The van der Waals surface area contributed by atoms with Gasteiger partial charge in [0, 0.05) is 38.3 Å². The Morgan fingerprint density at radius 3 is 2.29 bits per heavy atom. The SMILES string of the molecule is CN1CCN(C2CCCCCCC2)C(CN)C1. The summed E-state index contributed by atoms with van der Waals surface area (Å²) in [5.74, 6) is 0. The van der Waals surface area contributed by atoms with E-state index in [9.17, 15) is 0 Å². The van der Waals surface area contributed by atoms with E-state index in [1.165, 1.54) is 58.0 Å². The number of nitrogens with two attached hydrogens (primary N) is 1. The topological polar surface area (TPSA) is 32.5 Å². The lowest BCUT2D eigenvalue weighted by atomic mass is 9.94. The second-order valence-electron chi connectivity index (χ2n) is 5.89. The molecule has 1 saturated heterocycles. The van der Waals surface area contributed by atoms with Gasteiger partial charge in [-0.3, -0.25) is 4.90 Å². The van der Waals surface area contributed by atoms with Crippen molar-refractivity contribution in [1.29, 1.82) is 0 Å². The molecule has 2 fully saturated rings. The molecule has 3 heteroatoms. The Hall–Kier alpha value is -0.120. The van der Waals surface area contributed by atoms with Gasteiger partial charge in [-0.2, -0.15) is 0 Å². The van der Waals surface area contributed by atoms with E-state index >= 15 is 0 Å². The van der Waals surface area contributed by atoms with Gasteiger partial charge in [0.1, 0.15) is 0 Å². The third-order valence-electron chi connectivity index (χ3n) is 4.55. The first-order valence-corrected chi connectivity index (χ1v) is 7.45. The van der Waals surface area contributed by atoms with Crippen LogP contribution in [-0.4, -0.2) is 55.1 Å². The normalized spacial score (nSPS) is 31.1. The summed E-state index contributed by atoms with van der Waals surface area (Å²) in [5, 5.41) is 0. The number of hydrogen-bond acceptors (Lipinski definition) is 3. The minimum absolute atomic E-state index is 0.596. The van der Waals surface area contributed by atoms with Crippen LogP contribution in [0.25, 0.3) is 0 Å². The molecule has 0 spiro atoms. The fourth-order valence-corrected chi connectivity index (χ4v) is 3.48. The molecule has 100 valence electrons. The molecule has 0 amide bonds. The van der Waals surface area contributed by atoms with Crippen LogP contribution < -0.4 is 5.73 Å². The van der Waals surface area contributed by atoms with Crippen molar-refractivity contribution < 1.29 is 0 Å². The van der Waals surface area contributed by atoms with Gasteiger partial charge in [0.25, 0.3) is 0 Å². The molecule has 1 atom stereocenters. The van der Waals surface area contributed by atoms with E-state index in [2.05, 4.69) is 16.8 Å². The van der Waals surface area contributed by atoms with Crippen LogP contribution in [-0.2, 0) is 0 Å². The lowest BCUT2D eigenvalue weighted by Gasteiger charge is -2.44. The van der Waals surface area contributed by atoms with E-state index in [-0.39, 0.29) is 0 Å². The monoisotopic (exact) mass is 239 g/mol. The molecule has 0 aromatic carbocycles. The maximum atomic E-state index is 5.96. The predicted octanol–water partition coefficient (Wildman–Crippen LogP) is 1.67. The van der Waals surface area contributed by atoms with Gasteiger partial charge in [-0.15, -0.1) is 0 Å². The van der Waals surface area contributed by atoms with Crippen molar-refractivity contribution >= 4 is 0 Å². The summed E-state index contributed by atoms with van der Waals surface area (Å²) < 4.78 is 0. The zero-order valence-corrected chi connectivity index (χ0v) is 11.4. The molecular formula is C14H29N3. The zero-order valence-electron chi connectivity index (χ0n) is 11.4. The molecular weight excluding hydrogens is 210 g/mol. The highest BCUT2D eigenvalue weighted by molar-refractivity contribution is 4.86. The maximum Gasteiger partial charge on any atom is 0.0349 e. The molecule has 0 radical (unpaired) electrons. The molecule has 1 unspecified atom stereocenters. The highest BCUT2D eigenvalue weighted by Gasteiger charge is 2.29. The first-order chi connectivity index (χ1) is 8.31. The zero-order chi connectivity index (χ0) is 12.1. The minimum Gasteiger partial charge on any atom is -0.329 e. The number of hydrogen-bond donors (Lipinski definition) is 1. The van der Waals surface area contributed by atoms with E-state index < -0.39 is 0 Å². The van der Waals surface area contributed by atoms with Crippen LogP contribution in [0.15, 0.2) is 0 Å². The molecule has 1 heterocycles. The highest BCUT2D eigenvalue weighted by atomic mass is 15.3. The standard InChI is InChI=1S/C14H29N3/c1-16-9-10-17(14(11-15)12-16)13-7-5-3-2-4-6-8-13/h13-14H,2-12,15H2,1H3. The molecule has 0 bridgehead atoms. The van der Waals surface area contributed by atoms with E-state index in [1.54, 1.807) is 0 Å². The van der Waals surface area contributed by atoms with E-state index in [0.29, 0.717) is 6.04 Å². The Kier molecular flexibility index (Phi) is 5.26. The average Bonchev–Trinajstić information content (AvgIpc) is 2.29. The number of piperazine rings is 1. The van der Waals surface area contributed by atoms with E-state index in [1.807, 2.05) is 0 Å². The predicted molar refractivity (Wildman–Crippen MR) is 73.2 cm³/mol. The second kappa shape index (κ2) is 6.72. The van der Waals surface area contributed by atoms with Crippen LogP contribution in [0.4, 0.5) is 0 Å². The van der Waals surface area contributed by atoms with Gasteiger partial charge in [0.05, 0.1) is 0 Å². The van der Waals surface area contributed by atoms with Crippen molar-refractivity contribution in [3.8, 4) is 0 Å². The van der Waals surface area contributed by atoms with Crippen LogP contribution in [0.5, 0.6) is 0 Å². The lowest BCUT2D eigenvalue weighted by molar-refractivity contribution is 0.0454. The summed E-state index contributed by atoms with van der Waals surface area (Å²) >= 11 is 0. The van der Waals surface area contributed by atoms with Crippen molar-refractivity contribution in [1.82, 2.24) is 9.80 Å². The van der Waals surface area contributed by atoms with Gasteiger partial charge >= 0.3 is 0 Å². The fourth-order valence-electron chi connectivity index (χ4n) is 3.48. The second-order valence-corrected chi connectivity index (χ2v) is 5.89. The van der Waals surface area contributed by atoms with Crippen LogP contribution in [0, 0.1) is 0 Å². The van der Waals surface area contributed by atoms with Gasteiger partial charge in [0.2, 0.25) is 0 Å². The molecule has 1 aliphatic heterocycles. The first kappa shape index (κ1) is 13.3. The van der Waals surface area contributed by atoms with Gasteiger partial charge in [0.15, 0.2) is 0 Å². The van der Waals surface area contributed by atoms with Crippen molar-refractivity contribution in [2.75, 3.05) is 33.2 Å². The summed E-state index contributed by atoms with van der Waals surface area (Å²) in [6, 6.07) is 1.41. The van der Waals surface area contributed by atoms with Crippen LogP contribution >= 0.6 is 0 Å². The Balaban J connectivity index is 1.92. The molecule has 1 saturated carbocycles. The molecule has 2 aliphatic rings. The molecule has 2 N–H and O–H groups in total. The minimum atomic E-state index is 0.596. The Morgan fingerprint density at radius 1 is 1.00 bits per heavy atom. The number of nitrogens with zero attached hydrogens (tertiary/aromatic N) is 2. The van der Waals surface area contributed by atoms with Crippen molar-refractivity contribution in [2.45, 2.75) is 57.0 Å². The molecule has 1 aliphatic carbocycles. The van der Waals surface area contributed by atoms with Gasteiger partial charge < -0.3 is 10.6 Å². The first-order valence-electron chi connectivity index (χ1n) is 7.45. The summed E-state index contributed by atoms with van der Waals surface area (Å²) in [4.78, 5) is 5.16. The largest absolute Gasteiger partial charge is 0.329 e. The van der Waals surface area contributed by atoms with Crippen molar-refractivity contribution in [3.63, 3.8) is 0 Å². The van der Waals surface area contributed by atoms with E-state index in [0.717, 1.165) is 19.1 Å². The molecule has 2 rings (SSSR count). The molecule has 0 aromatic heterocycles. The summed E-state index contributed by atoms with van der Waals surface area (Å²) in [6.45, 7) is 4.42. The molecule has 17 heavy (non-hydrogen) atoms. The van der Waals surface area contributed by atoms with E-state index in [4.69, 9.17) is 5.73 Å². The maximum absolute atomic E-state index is 5.96. The molecule has 3 nitrogen and oxygen atoms in total.